The highest BCUT2D eigenvalue weighted by atomic mass is 16.7. The average molecular weight is 353 g/mol. The van der Waals surface area contributed by atoms with E-state index in [4.69, 9.17) is 19.9 Å². The number of ether oxygens (including phenoxy) is 3. The van der Waals surface area contributed by atoms with Crippen LogP contribution in [0.4, 0.5) is 5.69 Å². The van der Waals surface area contributed by atoms with Gasteiger partial charge in [0.1, 0.15) is 23.1 Å². The van der Waals surface area contributed by atoms with Crippen LogP contribution in [0.1, 0.15) is 17.0 Å². The third-order valence-electron chi connectivity index (χ3n) is 4.23. The molecule has 0 saturated carbocycles. The molecule has 2 aliphatic rings. The lowest BCUT2D eigenvalue weighted by atomic mass is 9.82. The van der Waals surface area contributed by atoms with Crippen LogP contribution < -0.4 is 19.9 Å². The maximum absolute atomic E-state index is 11.6. The number of fused-ring (bicyclic) bond motifs is 2. The second kappa shape index (κ2) is 5.56. The fourth-order valence-corrected chi connectivity index (χ4v) is 3.10. The van der Waals surface area contributed by atoms with Gasteiger partial charge in [-0.2, -0.15) is 5.26 Å². The molecule has 2 aromatic rings. The van der Waals surface area contributed by atoms with E-state index in [9.17, 15) is 20.5 Å². The fraction of sp³-hybridized carbons (Fsp3) is 0.118. The Bertz CT molecular complexity index is 1020. The van der Waals surface area contributed by atoms with E-state index in [1.54, 1.807) is 0 Å². The van der Waals surface area contributed by atoms with Crippen LogP contribution in [-0.4, -0.2) is 16.8 Å². The van der Waals surface area contributed by atoms with E-state index < -0.39 is 10.8 Å². The zero-order valence-electron chi connectivity index (χ0n) is 13.1. The van der Waals surface area contributed by atoms with Crippen molar-refractivity contribution < 1.29 is 24.2 Å². The van der Waals surface area contributed by atoms with E-state index in [-0.39, 0.29) is 46.7 Å². The van der Waals surface area contributed by atoms with Crippen LogP contribution in [0, 0.1) is 21.4 Å². The molecule has 0 saturated heterocycles. The van der Waals surface area contributed by atoms with Crippen molar-refractivity contribution in [3.8, 4) is 29.1 Å². The molecule has 0 unspecified atom stereocenters. The lowest BCUT2D eigenvalue weighted by Gasteiger charge is -2.26. The predicted molar refractivity (Wildman–Crippen MR) is 86.6 cm³/mol. The van der Waals surface area contributed by atoms with Gasteiger partial charge in [-0.1, -0.05) is 6.07 Å². The molecule has 0 fully saturated rings. The Hall–Kier alpha value is -3.93. The van der Waals surface area contributed by atoms with Crippen molar-refractivity contribution in [3.63, 3.8) is 0 Å². The predicted octanol–water partition coefficient (Wildman–Crippen LogP) is 2.25. The van der Waals surface area contributed by atoms with Crippen LogP contribution in [-0.2, 0) is 0 Å². The molecule has 2 heterocycles. The molecule has 3 N–H and O–H groups in total. The lowest BCUT2D eigenvalue weighted by Crippen LogP contribution is -2.21. The summed E-state index contributed by atoms with van der Waals surface area (Å²) in [6.45, 7) is -0.0444. The molecule has 0 aliphatic carbocycles. The molecule has 4 rings (SSSR count). The molecule has 9 nitrogen and oxygen atoms in total. The highest BCUT2D eigenvalue weighted by Crippen LogP contribution is 2.49. The number of phenolic OH excluding ortho intramolecular Hbond substituents is 1. The SMILES string of the molecule is N#CC1=C(N)Oc2cc(O)ccc2[C@H]1c1cc2c(cc1[N+](=O)[O-])OCO2. The van der Waals surface area contributed by atoms with Gasteiger partial charge in [0, 0.05) is 17.2 Å². The van der Waals surface area contributed by atoms with Crippen LogP contribution in [0.25, 0.3) is 0 Å². The van der Waals surface area contributed by atoms with Gasteiger partial charge in [0.25, 0.3) is 5.69 Å². The van der Waals surface area contributed by atoms with Crippen LogP contribution in [0.5, 0.6) is 23.0 Å². The molecule has 0 spiro atoms. The van der Waals surface area contributed by atoms with Gasteiger partial charge in [0.05, 0.1) is 16.9 Å². The molecule has 1 atom stereocenters. The summed E-state index contributed by atoms with van der Waals surface area (Å²) in [6.07, 6.45) is 0. The third kappa shape index (κ3) is 2.24. The average Bonchev–Trinajstić information content (AvgIpc) is 3.06. The van der Waals surface area contributed by atoms with Gasteiger partial charge in [-0.05, 0) is 12.1 Å². The molecule has 2 aliphatic heterocycles. The quantitative estimate of drug-likeness (QED) is 0.618. The highest BCUT2D eigenvalue weighted by Gasteiger charge is 2.37. The maximum Gasteiger partial charge on any atom is 0.277 e. The number of nitriles is 1. The minimum absolute atomic E-state index is 0.0326. The molecular weight excluding hydrogens is 342 g/mol. The van der Waals surface area contributed by atoms with Gasteiger partial charge in [-0.3, -0.25) is 10.1 Å². The number of nitrogens with two attached hydrogens (primary N) is 1. The first-order chi connectivity index (χ1) is 12.5. The highest BCUT2D eigenvalue weighted by molar-refractivity contribution is 5.64. The van der Waals surface area contributed by atoms with Crippen molar-refractivity contribution in [2.24, 2.45) is 5.73 Å². The number of nitro groups is 1. The molecular formula is C17H11N3O6. The molecule has 0 bridgehead atoms. The summed E-state index contributed by atoms with van der Waals surface area (Å²) in [5.74, 6) is -0.265. The van der Waals surface area contributed by atoms with Gasteiger partial charge in [0.15, 0.2) is 11.5 Å². The molecule has 2 aromatic carbocycles. The van der Waals surface area contributed by atoms with E-state index >= 15 is 0 Å². The standard InChI is InChI=1S/C17H11N3O6/c18-6-11-16(9-2-1-8(21)3-13(9)26-17(11)19)10-4-14-15(25-7-24-14)5-12(10)20(22)23/h1-5,16,21H,7,19H2/t16-/m0/s1. The van der Waals surface area contributed by atoms with Crippen molar-refractivity contribution in [1.82, 2.24) is 0 Å². The van der Waals surface area contributed by atoms with Crippen molar-refractivity contribution in [3.05, 3.63) is 63.0 Å². The van der Waals surface area contributed by atoms with Gasteiger partial charge in [0.2, 0.25) is 12.7 Å². The number of nitrogens with zero attached hydrogens (tertiary/aromatic N) is 2. The molecule has 0 amide bonds. The lowest BCUT2D eigenvalue weighted by molar-refractivity contribution is -0.385. The Morgan fingerprint density at radius 2 is 1.92 bits per heavy atom. The molecule has 130 valence electrons. The maximum atomic E-state index is 11.6. The Morgan fingerprint density at radius 3 is 2.62 bits per heavy atom. The van der Waals surface area contributed by atoms with Crippen LogP contribution in [0.2, 0.25) is 0 Å². The van der Waals surface area contributed by atoms with E-state index in [0.29, 0.717) is 11.3 Å². The molecule has 0 aromatic heterocycles. The summed E-state index contributed by atoms with van der Waals surface area (Å²) in [4.78, 5) is 11.1. The second-order valence-corrected chi connectivity index (χ2v) is 5.67. The Balaban J connectivity index is 2.00. The number of hydrogen-bond acceptors (Lipinski definition) is 8. The van der Waals surface area contributed by atoms with E-state index in [1.807, 2.05) is 6.07 Å². The largest absolute Gasteiger partial charge is 0.508 e. The van der Waals surface area contributed by atoms with Crippen molar-refractivity contribution >= 4 is 5.69 Å². The van der Waals surface area contributed by atoms with Crippen molar-refractivity contribution in [1.29, 1.82) is 5.26 Å². The number of phenols is 1. The van der Waals surface area contributed by atoms with Crippen LogP contribution in [0.3, 0.4) is 0 Å². The molecule has 9 heteroatoms. The number of nitro benzene ring substituents is 1. The number of allylic oxidation sites excluding steroid dienone is 1. The zero-order valence-corrected chi connectivity index (χ0v) is 13.1. The zero-order chi connectivity index (χ0) is 18.4. The van der Waals surface area contributed by atoms with Gasteiger partial charge in [-0.25, -0.2) is 0 Å². The van der Waals surface area contributed by atoms with Crippen LogP contribution in [0.15, 0.2) is 41.8 Å². The Morgan fingerprint density at radius 1 is 1.19 bits per heavy atom. The topological polar surface area (TPSA) is 141 Å². The first-order valence-corrected chi connectivity index (χ1v) is 7.48. The van der Waals surface area contributed by atoms with E-state index in [0.717, 1.165) is 0 Å². The van der Waals surface area contributed by atoms with Crippen LogP contribution >= 0.6 is 0 Å². The smallest absolute Gasteiger partial charge is 0.277 e. The molecule has 0 radical (unpaired) electrons. The normalized spacial score (nSPS) is 17.3. The number of hydrogen-bond donors (Lipinski definition) is 2. The summed E-state index contributed by atoms with van der Waals surface area (Å²) in [5, 5.41) is 30.8. The Labute approximate surface area is 146 Å². The summed E-state index contributed by atoms with van der Waals surface area (Å²) < 4.78 is 15.9. The Kier molecular flexibility index (Phi) is 3.33. The number of benzene rings is 2. The summed E-state index contributed by atoms with van der Waals surface area (Å²) in [7, 11) is 0. The first kappa shape index (κ1) is 15.6. The third-order valence-corrected chi connectivity index (χ3v) is 4.23. The fourth-order valence-electron chi connectivity index (χ4n) is 3.10. The number of rotatable bonds is 2. The number of aromatic hydroxyl groups is 1. The van der Waals surface area contributed by atoms with Crippen molar-refractivity contribution in [2.75, 3.05) is 6.79 Å². The molecule has 26 heavy (non-hydrogen) atoms. The van der Waals surface area contributed by atoms with Gasteiger partial charge < -0.3 is 25.1 Å². The minimum Gasteiger partial charge on any atom is -0.508 e. The second-order valence-electron chi connectivity index (χ2n) is 5.67. The van der Waals surface area contributed by atoms with E-state index in [2.05, 4.69) is 0 Å². The summed E-state index contributed by atoms with van der Waals surface area (Å²) in [5.41, 5.74) is 6.33. The summed E-state index contributed by atoms with van der Waals surface area (Å²) >= 11 is 0. The first-order valence-electron chi connectivity index (χ1n) is 7.48. The van der Waals surface area contributed by atoms with Gasteiger partial charge in [-0.15, -0.1) is 0 Å². The van der Waals surface area contributed by atoms with E-state index in [1.165, 1.54) is 30.3 Å². The monoisotopic (exact) mass is 353 g/mol. The minimum atomic E-state index is -0.848. The van der Waals surface area contributed by atoms with Gasteiger partial charge >= 0.3 is 0 Å². The summed E-state index contributed by atoms with van der Waals surface area (Å²) in [6, 6.07) is 8.97. The van der Waals surface area contributed by atoms with Crippen molar-refractivity contribution in [2.45, 2.75) is 5.92 Å².